The van der Waals surface area contributed by atoms with Gasteiger partial charge in [-0.15, -0.1) is 0 Å². The summed E-state index contributed by atoms with van der Waals surface area (Å²) in [6, 6.07) is 0. The topological polar surface area (TPSA) is 37.3 Å². The quantitative estimate of drug-likeness (QED) is 0.0919. The Balaban J connectivity index is 3.40. The summed E-state index contributed by atoms with van der Waals surface area (Å²) in [7, 11) is 0. The number of hydrogen-bond acceptors (Lipinski definition) is 1. The van der Waals surface area contributed by atoms with Crippen LogP contribution in [0.3, 0.4) is 0 Å². The fraction of sp³-hybridized carbons (Fsp3) is 0.971. The van der Waals surface area contributed by atoms with Gasteiger partial charge in [0.05, 0.1) is 5.92 Å². The molecule has 37 heavy (non-hydrogen) atoms. The van der Waals surface area contributed by atoms with Crippen molar-refractivity contribution in [2.75, 3.05) is 0 Å². The third-order valence-corrected chi connectivity index (χ3v) is 8.34. The molecule has 0 aliphatic carbocycles. The third-order valence-electron chi connectivity index (χ3n) is 8.34. The van der Waals surface area contributed by atoms with Gasteiger partial charge in [0.25, 0.3) is 0 Å². The van der Waals surface area contributed by atoms with Crippen molar-refractivity contribution < 1.29 is 9.90 Å². The molecule has 0 aliphatic heterocycles. The number of carboxylic acids is 1. The summed E-state index contributed by atoms with van der Waals surface area (Å²) in [4.78, 5) is 11.6. The fourth-order valence-corrected chi connectivity index (χ4v) is 5.69. The van der Waals surface area contributed by atoms with Gasteiger partial charge in [-0.3, -0.25) is 4.79 Å². The Kier molecular flexibility index (Phi) is 29.6. The summed E-state index contributed by atoms with van der Waals surface area (Å²) < 4.78 is 0. The molecule has 2 nitrogen and oxygen atoms in total. The van der Waals surface area contributed by atoms with Crippen LogP contribution in [0.4, 0.5) is 0 Å². The maximum Gasteiger partial charge on any atom is 0.306 e. The standard InChI is InChI=1S/C35H70O2/c1-4-5-6-7-8-9-10-11-12-16-19-22-25-28-31-34(35(36)37)32-29-26-23-20-17-14-13-15-18-21-24-27-30-33(2)3/h33-34H,4-32H2,1-3H3,(H,36,37). The second kappa shape index (κ2) is 30.0. The van der Waals surface area contributed by atoms with Crippen LogP contribution in [0.2, 0.25) is 0 Å². The Morgan fingerprint density at radius 3 is 0.919 bits per heavy atom. The van der Waals surface area contributed by atoms with E-state index < -0.39 is 5.97 Å². The summed E-state index contributed by atoms with van der Waals surface area (Å²) in [6.45, 7) is 6.93. The van der Waals surface area contributed by atoms with E-state index in [1.54, 1.807) is 0 Å². The van der Waals surface area contributed by atoms with Crippen LogP contribution in [0.5, 0.6) is 0 Å². The van der Waals surface area contributed by atoms with Crippen LogP contribution < -0.4 is 0 Å². The lowest BCUT2D eigenvalue weighted by atomic mass is 9.94. The Morgan fingerprint density at radius 1 is 0.432 bits per heavy atom. The molecule has 0 aromatic carbocycles. The number of carboxylic acid groups (broad SMARTS) is 1. The highest BCUT2D eigenvalue weighted by Gasteiger charge is 2.16. The molecular weight excluding hydrogens is 452 g/mol. The third kappa shape index (κ3) is 29.9. The van der Waals surface area contributed by atoms with Crippen LogP contribution in [0.1, 0.15) is 207 Å². The Hall–Kier alpha value is -0.530. The van der Waals surface area contributed by atoms with Gasteiger partial charge in [0, 0.05) is 0 Å². The largest absolute Gasteiger partial charge is 0.481 e. The van der Waals surface area contributed by atoms with E-state index in [-0.39, 0.29) is 5.92 Å². The zero-order chi connectivity index (χ0) is 27.2. The van der Waals surface area contributed by atoms with Crippen LogP contribution in [0, 0.1) is 11.8 Å². The first-order chi connectivity index (χ1) is 18.1. The lowest BCUT2D eigenvalue weighted by Crippen LogP contribution is -2.13. The van der Waals surface area contributed by atoms with E-state index in [9.17, 15) is 9.90 Å². The average Bonchev–Trinajstić information content (AvgIpc) is 2.87. The van der Waals surface area contributed by atoms with Crippen LogP contribution >= 0.6 is 0 Å². The first kappa shape index (κ1) is 36.5. The molecule has 0 aromatic heterocycles. The van der Waals surface area contributed by atoms with Gasteiger partial charge in [-0.1, -0.05) is 194 Å². The summed E-state index contributed by atoms with van der Waals surface area (Å²) >= 11 is 0. The molecule has 0 saturated carbocycles. The maximum absolute atomic E-state index is 11.6. The molecule has 2 heteroatoms. The molecule has 0 rings (SSSR count). The summed E-state index contributed by atoms with van der Waals surface area (Å²) in [5, 5.41) is 9.59. The molecule has 1 N–H and O–H groups in total. The van der Waals surface area contributed by atoms with Crippen molar-refractivity contribution in [2.24, 2.45) is 11.8 Å². The van der Waals surface area contributed by atoms with Gasteiger partial charge in [0.15, 0.2) is 0 Å². The molecule has 0 bridgehead atoms. The highest BCUT2D eigenvalue weighted by Crippen LogP contribution is 2.20. The monoisotopic (exact) mass is 523 g/mol. The zero-order valence-electron chi connectivity index (χ0n) is 26.0. The minimum atomic E-state index is -0.557. The summed E-state index contributed by atoms with van der Waals surface area (Å²) in [5.41, 5.74) is 0. The smallest absolute Gasteiger partial charge is 0.306 e. The molecule has 0 fully saturated rings. The lowest BCUT2D eigenvalue weighted by molar-refractivity contribution is -0.142. The van der Waals surface area contributed by atoms with Gasteiger partial charge in [-0.2, -0.15) is 0 Å². The van der Waals surface area contributed by atoms with E-state index in [0.29, 0.717) is 0 Å². The Morgan fingerprint density at radius 2 is 0.676 bits per heavy atom. The first-order valence-corrected chi connectivity index (χ1v) is 17.3. The zero-order valence-corrected chi connectivity index (χ0v) is 26.0. The molecule has 0 saturated heterocycles. The number of unbranched alkanes of at least 4 members (excludes halogenated alkanes) is 24. The van der Waals surface area contributed by atoms with Crippen LogP contribution in [0.15, 0.2) is 0 Å². The normalized spacial score (nSPS) is 12.4. The van der Waals surface area contributed by atoms with Gasteiger partial charge in [-0.05, 0) is 18.8 Å². The van der Waals surface area contributed by atoms with Gasteiger partial charge >= 0.3 is 5.97 Å². The van der Waals surface area contributed by atoms with Crippen molar-refractivity contribution in [3.05, 3.63) is 0 Å². The molecule has 0 heterocycles. The molecule has 0 aromatic rings. The second-order valence-electron chi connectivity index (χ2n) is 12.6. The molecule has 0 radical (unpaired) electrons. The number of aliphatic carboxylic acids is 1. The Bertz CT molecular complexity index is 445. The Labute approximate surface area is 234 Å². The van der Waals surface area contributed by atoms with E-state index in [4.69, 9.17) is 0 Å². The van der Waals surface area contributed by atoms with Crippen molar-refractivity contribution in [3.8, 4) is 0 Å². The van der Waals surface area contributed by atoms with E-state index in [2.05, 4.69) is 20.8 Å². The molecule has 0 aliphatic rings. The van der Waals surface area contributed by atoms with Crippen molar-refractivity contribution in [1.82, 2.24) is 0 Å². The van der Waals surface area contributed by atoms with Gasteiger partial charge < -0.3 is 5.11 Å². The molecule has 0 amide bonds. The van der Waals surface area contributed by atoms with Crippen LogP contribution in [-0.2, 0) is 4.79 Å². The molecule has 0 spiro atoms. The fourth-order valence-electron chi connectivity index (χ4n) is 5.69. The molecule has 1 unspecified atom stereocenters. The summed E-state index contributed by atoms with van der Waals surface area (Å²) in [5.74, 6) is 0.209. The minimum Gasteiger partial charge on any atom is -0.481 e. The second-order valence-corrected chi connectivity index (χ2v) is 12.6. The van der Waals surface area contributed by atoms with Gasteiger partial charge in [-0.25, -0.2) is 0 Å². The SMILES string of the molecule is CCCCCCCCCCCCCCCCC(CCCCCCCCCCCCCCC(C)C)C(=O)O. The number of rotatable bonds is 31. The van der Waals surface area contributed by atoms with Crippen LogP contribution in [-0.4, -0.2) is 11.1 Å². The predicted molar refractivity (Wildman–Crippen MR) is 166 cm³/mol. The maximum atomic E-state index is 11.6. The highest BCUT2D eigenvalue weighted by atomic mass is 16.4. The van der Waals surface area contributed by atoms with Crippen molar-refractivity contribution in [3.63, 3.8) is 0 Å². The van der Waals surface area contributed by atoms with Crippen molar-refractivity contribution in [2.45, 2.75) is 207 Å². The lowest BCUT2D eigenvalue weighted by Gasteiger charge is -2.12. The first-order valence-electron chi connectivity index (χ1n) is 17.3. The van der Waals surface area contributed by atoms with Crippen LogP contribution in [0.25, 0.3) is 0 Å². The molecule has 1 atom stereocenters. The molecular formula is C35H70O2. The van der Waals surface area contributed by atoms with E-state index >= 15 is 0 Å². The molecule has 222 valence electrons. The van der Waals surface area contributed by atoms with E-state index in [1.807, 2.05) is 0 Å². The summed E-state index contributed by atoms with van der Waals surface area (Å²) in [6.07, 6.45) is 38.5. The van der Waals surface area contributed by atoms with Crippen molar-refractivity contribution in [1.29, 1.82) is 0 Å². The van der Waals surface area contributed by atoms with Gasteiger partial charge in [0.1, 0.15) is 0 Å². The number of carbonyl (C=O) groups is 1. The number of hydrogen-bond donors (Lipinski definition) is 1. The van der Waals surface area contributed by atoms with Crippen molar-refractivity contribution >= 4 is 5.97 Å². The highest BCUT2D eigenvalue weighted by molar-refractivity contribution is 5.69. The predicted octanol–water partition coefficient (Wildman–Crippen LogP) is 12.7. The average molecular weight is 523 g/mol. The van der Waals surface area contributed by atoms with E-state index in [0.717, 1.165) is 31.6 Å². The van der Waals surface area contributed by atoms with E-state index in [1.165, 1.54) is 161 Å². The van der Waals surface area contributed by atoms with Gasteiger partial charge in [0.2, 0.25) is 0 Å². The minimum absolute atomic E-state index is 0.0992.